The van der Waals surface area contributed by atoms with Crippen molar-refractivity contribution in [3.05, 3.63) is 42.2 Å². The number of amides is 1. The summed E-state index contributed by atoms with van der Waals surface area (Å²) in [5.74, 6) is -2.04. The summed E-state index contributed by atoms with van der Waals surface area (Å²) in [5, 5.41) is 25.0. The molecule has 0 aliphatic rings. The van der Waals surface area contributed by atoms with Crippen LogP contribution in [0.25, 0.3) is 0 Å². The van der Waals surface area contributed by atoms with Gasteiger partial charge in [-0.1, -0.05) is 6.07 Å². The van der Waals surface area contributed by atoms with Gasteiger partial charge in [-0.15, -0.1) is 0 Å². The van der Waals surface area contributed by atoms with Crippen molar-refractivity contribution in [2.75, 3.05) is 5.32 Å². The number of anilines is 1. The number of phenols is 1. The fourth-order valence-corrected chi connectivity index (χ4v) is 1.68. The average Bonchev–Trinajstić information content (AvgIpc) is 2.91. The molecule has 0 radical (unpaired) electrons. The molecular formula is C13H13N3O4. The molecule has 2 rings (SSSR count). The number of hydrogen-bond donors (Lipinski definition) is 3. The maximum absolute atomic E-state index is 11.7. The van der Waals surface area contributed by atoms with Crippen molar-refractivity contribution in [3.63, 3.8) is 0 Å². The quantitative estimate of drug-likeness (QED) is 0.714. The normalized spacial score (nSPS) is 10.2. The summed E-state index contributed by atoms with van der Waals surface area (Å²) < 4.78 is 1.60. The highest BCUT2D eigenvalue weighted by Gasteiger charge is 2.14. The molecule has 1 aromatic carbocycles. The molecule has 0 spiro atoms. The van der Waals surface area contributed by atoms with Gasteiger partial charge in [0.2, 0.25) is 5.91 Å². The summed E-state index contributed by atoms with van der Waals surface area (Å²) in [5.41, 5.74) is -0.176. The molecule has 1 aromatic heterocycles. The van der Waals surface area contributed by atoms with E-state index in [9.17, 15) is 14.7 Å². The van der Waals surface area contributed by atoms with Crippen LogP contribution in [-0.4, -0.2) is 31.9 Å². The van der Waals surface area contributed by atoms with Gasteiger partial charge < -0.3 is 15.5 Å². The molecule has 1 heterocycles. The Morgan fingerprint density at radius 3 is 2.75 bits per heavy atom. The summed E-state index contributed by atoms with van der Waals surface area (Å²) in [7, 11) is 0. The van der Waals surface area contributed by atoms with Crippen LogP contribution >= 0.6 is 0 Å². The van der Waals surface area contributed by atoms with E-state index in [-0.39, 0.29) is 23.6 Å². The Morgan fingerprint density at radius 1 is 1.30 bits per heavy atom. The molecule has 0 fully saturated rings. The van der Waals surface area contributed by atoms with Crippen molar-refractivity contribution < 1.29 is 19.8 Å². The van der Waals surface area contributed by atoms with Crippen LogP contribution in [0.5, 0.6) is 5.75 Å². The Labute approximate surface area is 114 Å². The summed E-state index contributed by atoms with van der Waals surface area (Å²) in [6, 6.07) is 5.90. The molecule has 0 unspecified atom stereocenters. The third kappa shape index (κ3) is 3.14. The van der Waals surface area contributed by atoms with Crippen molar-refractivity contribution in [2.24, 2.45) is 0 Å². The smallest absolute Gasteiger partial charge is 0.339 e. The first-order valence-electron chi connectivity index (χ1n) is 5.90. The minimum absolute atomic E-state index is 0.0790. The van der Waals surface area contributed by atoms with Gasteiger partial charge in [-0.05, 0) is 18.2 Å². The van der Waals surface area contributed by atoms with E-state index in [4.69, 9.17) is 5.11 Å². The van der Waals surface area contributed by atoms with E-state index >= 15 is 0 Å². The van der Waals surface area contributed by atoms with Crippen LogP contribution in [-0.2, 0) is 11.3 Å². The lowest BCUT2D eigenvalue weighted by Crippen LogP contribution is -2.15. The number of aromatic hydroxyl groups is 1. The number of carboxylic acid groups (broad SMARTS) is 1. The lowest BCUT2D eigenvalue weighted by molar-refractivity contribution is -0.116. The van der Waals surface area contributed by atoms with Crippen LogP contribution in [0.2, 0.25) is 0 Å². The zero-order chi connectivity index (χ0) is 14.5. The molecule has 7 nitrogen and oxygen atoms in total. The van der Waals surface area contributed by atoms with E-state index in [1.807, 2.05) is 0 Å². The van der Waals surface area contributed by atoms with Gasteiger partial charge in [-0.2, -0.15) is 5.10 Å². The van der Waals surface area contributed by atoms with E-state index in [0.29, 0.717) is 6.54 Å². The highest BCUT2D eigenvalue weighted by Crippen LogP contribution is 2.27. The maximum Gasteiger partial charge on any atom is 0.339 e. The molecule has 2 aromatic rings. The van der Waals surface area contributed by atoms with Gasteiger partial charge in [0.1, 0.15) is 5.56 Å². The van der Waals surface area contributed by atoms with Crippen LogP contribution in [0, 0.1) is 0 Å². The zero-order valence-electron chi connectivity index (χ0n) is 10.5. The number of benzene rings is 1. The number of aromatic carboxylic acids is 1. The van der Waals surface area contributed by atoms with Crippen LogP contribution < -0.4 is 5.32 Å². The number of nitrogens with zero attached hydrogens (tertiary/aromatic N) is 2. The number of rotatable bonds is 5. The van der Waals surface area contributed by atoms with Gasteiger partial charge in [-0.25, -0.2) is 4.79 Å². The van der Waals surface area contributed by atoms with Crippen molar-refractivity contribution in [1.29, 1.82) is 0 Å². The Morgan fingerprint density at radius 2 is 2.10 bits per heavy atom. The standard InChI is InChI=1S/C13H13N3O4/c17-11(5-8-16-7-2-6-14-16)15-10-4-1-3-9(12(10)18)13(19)20/h1-4,6-7,18H,5,8H2,(H,15,17)(H,19,20). The summed E-state index contributed by atoms with van der Waals surface area (Å²) in [6.45, 7) is 0.401. The largest absolute Gasteiger partial charge is 0.505 e. The Hall–Kier alpha value is -2.83. The van der Waals surface area contributed by atoms with Gasteiger partial charge in [0.15, 0.2) is 5.75 Å². The number of aryl methyl sites for hydroxylation is 1. The van der Waals surface area contributed by atoms with Crippen LogP contribution in [0.4, 0.5) is 5.69 Å². The first kappa shape index (κ1) is 13.6. The highest BCUT2D eigenvalue weighted by molar-refractivity contribution is 5.97. The van der Waals surface area contributed by atoms with Crippen LogP contribution in [0.15, 0.2) is 36.7 Å². The van der Waals surface area contributed by atoms with Gasteiger partial charge in [0.05, 0.1) is 5.69 Å². The topological polar surface area (TPSA) is 104 Å². The summed E-state index contributed by atoms with van der Waals surface area (Å²) in [6.07, 6.45) is 3.51. The highest BCUT2D eigenvalue weighted by atomic mass is 16.4. The number of nitrogens with one attached hydrogen (secondary N) is 1. The number of hydrogen-bond acceptors (Lipinski definition) is 4. The SMILES string of the molecule is O=C(CCn1cccn1)Nc1cccc(C(=O)O)c1O. The van der Waals surface area contributed by atoms with Crippen molar-refractivity contribution in [1.82, 2.24) is 9.78 Å². The molecule has 0 saturated carbocycles. The van der Waals surface area contributed by atoms with Crippen LogP contribution in [0.1, 0.15) is 16.8 Å². The van der Waals surface area contributed by atoms with E-state index < -0.39 is 11.7 Å². The molecule has 1 amide bonds. The fraction of sp³-hybridized carbons (Fsp3) is 0.154. The summed E-state index contributed by atoms with van der Waals surface area (Å²) >= 11 is 0. The monoisotopic (exact) mass is 275 g/mol. The Bertz CT molecular complexity index is 623. The third-order valence-electron chi connectivity index (χ3n) is 2.67. The second-order valence-electron chi connectivity index (χ2n) is 4.07. The van der Waals surface area contributed by atoms with Crippen LogP contribution in [0.3, 0.4) is 0 Å². The van der Waals surface area contributed by atoms with Gasteiger partial charge in [0, 0.05) is 25.4 Å². The van der Waals surface area contributed by atoms with Crippen molar-refractivity contribution in [2.45, 2.75) is 13.0 Å². The maximum atomic E-state index is 11.7. The minimum atomic E-state index is -1.25. The lowest BCUT2D eigenvalue weighted by atomic mass is 10.1. The molecule has 20 heavy (non-hydrogen) atoms. The molecule has 0 saturated heterocycles. The minimum Gasteiger partial charge on any atom is -0.505 e. The van der Waals surface area contributed by atoms with Gasteiger partial charge >= 0.3 is 5.97 Å². The molecule has 3 N–H and O–H groups in total. The predicted molar refractivity (Wildman–Crippen MR) is 70.5 cm³/mol. The molecule has 7 heteroatoms. The number of carbonyl (C=O) groups is 2. The third-order valence-corrected chi connectivity index (χ3v) is 2.67. The number of carboxylic acids is 1. The molecule has 0 aliphatic carbocycles. The summed E-state index contributed by atoms with van der Waals surface area (Å²) in [4.78, 5) is 22.6. The lowest BCUT2D eigenvalue weighted by Gasteiger charge is -2.09. The Kier molecular flexibility index (Phi) is 3.99. The second-order valence-corrected chi connectivity index (χ2v) is 4.07. The molecular weight excluding hydrogens is 262 g/mol. The van der Waals surface area contributed by atoms with E-state index in [2.05, 4.69) is 10.4 Å². The Balaban J connectivity index is 2.01. The van der Waals surface area contributed by atoms with Gasteiger partial charge in [0.25, 0.3) is 0 Å². The van der Waals surface area contributed by atoms with E-state index in [0.717, 1.165) is 0 Å². The van der Waals surface area contributed by atoms with E-state index in [1.54, 1.807) is 23.1 Å². The number of aromatic nitrogens is 2. The van der Waals surface area contributed by atoms with Crippen molar-refractivity contribution in [3.8, 4) is 5.75 Å². The molecule has 0 bridgehead atoms. The predicted octanol–water partition coefficient (Wildman–Crippen LogP) is 1.32. The molecule has 0 aliphatic heterocycles. The fourth-order valence-electron chi connectivity index (χ4n) is 1.68. The second kappa shape index (κ2) is 5.87. The van der Waals surface area contributed by atoms with E-state index in [1.165, 1.54) is 18.2 Å². The first-order chi connectivity index (χ1) is 9.58. The van der Waals surface area contributed by atoms with Crippen molar-refractivity contribution >= 4 is 17.6 Å². The average molecular weight is 275 g/mol. The number of carbonyl (C=O) groups excluding carboxylic acids is 1. The molecule has 0 atom stereocenters. The first-order valence-corrected chi connectivity index (χ1v) is 5.90. The van der Waals surface area contributed by atoms with Gasteiger partial charge in [-0.3, -0.25) is 9.48 Å². The molecule has 104 valence electrons. The number of para-hydroxylation sites is 1. The zero-order valence-corrected chi connectivity index (χ0v) is 10.5.